The van der Waals surface area contributed by atoms with E-state index in [9.17, 15) is 0 Å². The number of hydrogen-bond donors (Lipinski definition) is 1. The van der Waals surface area contributed by atoms with Crippen LogP contribution >= 0.6 is 23.4 Å². The van der Waals surface area contributed by atoms with Gasteiger partial charge in [-0.25, -0.2) is 9.98 Å². The Morgan fingerprint density at radius 3 is 2.68 bits per heavy atom. The Hall–Kier alpha value is -2.03. The highest BCUT2D eigenvalue weighted by Crippen LogP contribution is 2.17. The second-order valence-electron chi connectivity index (χ2n) is 3.43. The van der Waals surface area contributed by atoms with Gasteiger partial charge in [0, 0.05) is 28.7 Å². The van der Waals surface area contributed by atoms with Gasteiger partial charge in [-0.1, -0.05) is 17.7 Å². The quantitative estimate of drug-likeness (QED) is 0.514. The number of hydrogen-bond acceptors (Lipinski definition) is 4. The van der Waals surface area contributed by atoms with Crippen LogP contribution in [0.15, 0.2) is 53.7 Å². The molecule has 0 aliphatic carbocycles. The molecule has 0 saturated carbocycles. The van der Waals surface area contributed by atoms with Gasteiger partial charge in [0.25, 0.3) is 0 Å². The summed E-state index contributed by atoms with van der Waals surface area (Å²) >= 11 is 6.76. The second-order valence-corrected chi connectivity index (χ2v) is 4.64. The zero-order valence-electron chi connectivity index (χ0n) is 9.75. The number of rotatable bonds is 2. The Kier molecular flexibility index (Phi) is 4.78. The van der Waals surface area contributed by atoms with Crippen LogP contribution in [-0.2, 0) is 0 Å². The molecule has 0 saturated heterocycles. The summed E-state index contributed by atoms with van der Waals surface area (Å²) in [6, 6.07) is 12.6. The monoisotopic (exact) mass is 288 g/mol. The van der Waals surface area contributed by atoms with E-state index in [0.29, 0.717) is 16.0 Å². The zero-order valence-corrected chi connectivity index (χ0v) is 11.3. The van der Waals surface area contributed by atoms with E-state index in [1.807, 2.05) is 29.7 Å². The molecule has 0 aliphatic heterocycles. The SMILES string of the molecule is N#CS/C(=N/c1ccccn1)Nc1ccc(Cl)cc1. The number of nitriles is 1. The first-order chi connectivity index (χ1) is 9.28. The maximum absolute atomic E-state index is 8.79. The van der Waals surface area contributed by atoms with Gasteiger partial charge in [-0.2, -0.15) is 5.26 Å². The molecule has 4 nitrogen and oxygen atoms in total. The third-order valence-corrected chi connectivity index (χ3v) is 2.83. The van der Waals surface area contributed by atoms with Gasteiger partial charge in [-0.15, -0.1) is 0 Å². The molecule has 19 heavy (non-hydrogen) atoms. The molecule has 0 fully saturated rings. The highest BCUT2D eigenvalue weighted by molar-refractivity contribution is 8.18. The molecule has 1 aromatic heterocycles. The van der Waals surface area contributed by atoms with E-state index >= 15 is 0 Å². The summed E-state index contributed by atoms with van der Waals surface area (Å²) in [6.45, 7) is 0. The minimum absolute atomic E-state index is 0.462. The van der Waals surface area contributed by atoms with Crippen LogP contribution in [0.2, 0.25) is 5.02 Å². The summed E-state index contributed by atoms with van der Waals surface area (Å²) in [5, 5.41) is 14.9. The van der Waals surface area contributed by atoms with Crippen molar-refractivity contribution >= 4 is 40.0 Å². The Morgan fingerprint density at radius 1 is 1.26 bits per heavy atom. The van der Waals surface area contributed by atoms with Gasteiger partial charge in [-0.3, -0.25) is 0 Å². The molecule has 0 unspecified atom stereocenters. The average molecular weight is 289 g/mol. The number of amidine groups is 1. The van der Waals surface area contributed by atoms with E-state index in [1.54, 1.807) is 24.4 Å². The molecule has 1 N–H and O–H groups in total. The van der Waals surface area contributed by atoms with E-state index in [4.69, 9.17) is 16.9 Å². The number of nitrogens with one attached hydrogen (secondary N) is 1. The third-order valence-electron chi connectivity index (χ3n) is 2.10. The topological polar surface area (TPSA) is 61.1 Å². The van der Waals surface area contributed by atoms with Gasteiger partial charge >= 0.3 is 0 Å². The lowest BCUT2D eigenvalue weighted by Gasteiger charge is -2.06. The Labute approximate surface area is 120 Å². The number of nitrogens with zero attached hydrogens (tertiary/aromatic N) is 3. The average Bonchev–Trinajstić information content (AvgIpc) is 2.43. The minimum atomic E-state index is 0.462. The van der Waals surface area contributed by atoms with Crippen molar-refractivity contribution in [3.8, 4) is 5.40 Å². The highest BCUT2D eigenvalue weighted by atomic mass is 35.5. The zero-order chi connectivity index (χ0) is 13.5. The fourth-order valence-electron chi connectivity index (χ4n) is 1.30. The summed E-state index contributed by atoms with van der Waals surface area (Å²) in [4.78, 5) is 8.35. The molecule has 0 spiro atoms. The molecule has 0 atom stereocenters. The van der Waals surface area contributed by atoms with Crippen LogP contribution in [0.3, 0.4) is 0 Å². The molecule has 2 rings (SSSR count). The third kappa shape index (κ3) is 4.28. The summed E-state index contributed by atoms with van der Waals surface area (Å²) < 4.78 is 0. The summed E-state index contributed by atoms with van der Waals surface area (Å²) in [5.74, 6) is 0.543. The number of halogens is 1. The van der Waals surface area contributed by atoms with Crippen molar-refractivity contribution in [2.75, 3.05) is 5.32 Å². The lowest BCUT2D eigenvalue weighted by molar-refractivity contribution is 1.28. The van der Waals surface area contributed by atoms with Crippen molar-refractivity contribution in [3.63, 3.8) is 0 Å². The molecule has 1 heterocycles. The lowest BCUT2D eigenvalue weighted by atomic mass is 10.3. The maximum atomic E-state index is 8.79. The van der Waals surface area contributed by atoms with Gasteiger partial charge in [0.15, 0.2) is 11.0 Å². The molecule has 6 heteroatoms. The van der Waals surface area contributed by atoms with E-state index in [-0.39, 0.29) is 0 Å². The first-order valence-corrected chi connectivity index (χ1v) is 6.55. The predicted molar refractivity (Wildman–Crippen MR) is 79.6 cm³/mol. The summed E-state index contributed by atoms with van der Waals surface area (Å²) in [6.07, 6.45) is 1.65. The van der Waals surface area contributed by atoms with E-state index in [1.165, 1.54) is 0 Å². The van der Waals surface area contributed by atoms with Crippen molar-refractivity contribution in [1.29, 1.82) is 5.26 Å². The molecule has 0 amide bonds. The van der Waals surface area contributed by atoms with Crippen molar-refractivity contribution in [2.24, 2.45) is 4.99 Å². The lowest BCUT2D eigenvalue weighted by Crippen LogP contribution is -2.06. The molecule has 1 aromatic carbocycles. The van der Waals surface area contributed by atoms with Gasteiger partial charge < -0.3 is 5.32 Å². The molecule has 0 radical (unpaired) electrons. The van der Waals surface area contributed by atoms with Gasteiger partial charge in [-0.05, 0) is 36.4 Å². The number of aliphatic imine (C=N–C) groups is 1. The van der Waals surface area contributed by atoms with Crippen LogP contribution < -0.4 is 5.32 Å². The molecule has 2 aromatic rings. The first-order valence-electron chi connectivity index (χ1n) is 5.36. The molecule has 0 bridgehead atoms. The number of thiocyanates is 1. The van der Waals surface area contributed by atoms with Gasteiger partial charge in [0.05, 0.1) is 0 Å². The normalized spacial score (nSPS) is 10.8. The van der Waals surface area contributed by atoms with Crippen molar-refractivity contribution < 1.29 is 0 Å². The highest BCUT2D eigenvalue weighted by Gasteiger charge is 2.02. The number of aromatic nitrogens is 1. The number of thioether (sulfide) groups is 1. The van der Waals surface area contributed by atoms with Crippen molar-refractivity contribution in [3.05, 3.63) is 53.7 Å². The van der Waals surface area contributed by atoms with Gasteiger partial charge in [0.2, 0.25) is 0 Å². The fourth-order valence-corrected chi connectivity index (χ4v) is 1.82. The smallest absolute Gasteiger partial charge is 0.182 e. The maximum Gasteiger partial charge on any atom is 0.182 e. The van der Waals surface area contributed by atoms with Crippen LogP contribution in [0.1, 0.15) is 0 Å². The van der Waals surface area contributed by atoms with Crippen LogP contribution in [0.4, 0.5) is 11.5 Å². The molecular weight excluding hydrogens is 280 g/mol. The standard InChI is InChI=1S/C13H9ClN4S/c14-10-4-6-11(7-5-10)17-13(19-9-15)18-12-3-1-2-8-16-12/h1-8H,(H,16,17,18). The fraction of sp³-hybridized carbons (Fsp3) is 0. The largest absolute Gasteiger partial charge is 0.334 e. The van der Waals surface area contributed by atoms with E-state index < -0.39 is 0 Å². The minimum Gasteiger partial charge on any atom is -0.334 e. The second kappa shape index (κ2) is 6.78. The first kappa shape index (κ1) is 13.4. The summed E-state index contributed by atoms with van der Waals surface area (Å²) in [7, 11) is 0. The Balaban J connectivity index is 2.19. The number of pyridine rings is 1. The van der Waals surface area contributed by atoms with E-state index in [0.717, 1.165) is 17.4 Å². The van der Waals surface area contributed by atoms with Crippen molar-refractivity contribution in [1.82, 2.24) is 4.98 Å². The van der Waals surface area contributed by atoms with Crippen molar-refractivity contribution in [2.45, 2.75) is 0 Å². The Bertz CT molecular complexity index is 605. The predicted octanol–water partition coefficient (Wildman–Crippen LogP) is 4.05. The van der Waals surface area contributed by atoms with Crippen LogP contribution in [0.25, 0.3) is 0 Å². The number of benzene rings is 1. The summed E-state index contributed by atoms with van der Waals surface area (Å²) in [5.41, 5.74) is 0.807. The molecular formula is C13H9ClN4S. The Morgan fingerprint density at radius 2 is 2.05 bits per heavy atom. The number of anilines is 1. The molecule has 0 aliphatic rings. The molecule has 94 valence electrons. The van der Waals surface area contributed by atoms with Crippen LogP contribution in [0, 0.1) is 10.7 Å². The van der Waals surface area contributed by atoms with E-state index in [2.05, 4.69) is 15.3 Å². The van der Waals surface area contributed by atoms with Gasteiger partial charge in [0.1, 0.15) is 5.40 Å². The van der Waals surface area contributed by atoms with Crippen LogP contribution in [-0.4, -0.2) is 10.2 Å². The van der Waals surface area contributed by atoms with Crippen LogP contribution in [0.5, 0.6) is 0 Å².